The Morgan fingerprint density at radius 3 is 2.56 bits per heavy atom. The van der Waals surface area contributed by atoms with Crippen LogP contribution in [0.2, 0.25) is 0 Å². The molecule has 1 saturated heterocycles. The number of halogens is 3. The number of carbonyl (C=O) groups excluding carboxylic acids is 1. The average molecular weight is 494 g/mol. The summed E-state index contributed by atoms with van der Waals surface area (Å²) >= 11 is 0. The summed E-state index contributed by atoms with van der Waals surface area (Å²) in [5.41, 5.74) is 1.83. The summed E-state index contributed by atoms with van der Waals surface area (Å²) in [6.45, 7) is 3.83. The van der Waals surface area contributed by atoms with Crippen LogP contribution < -0.4 is 5.32 Å². The lowest BCUT2D eigenvalue weighted by Gasteiger charge is -2.30. The molecule has 2 heterocycles. The summed E-state index contributed by atoms with van der Waals surface area (Å²) in [4.78, 5) is 24.0. The quantitative estimate of drug-likeness (QED) is 0.486. The maximum absolute atomic E-state index is 13.3. The first-order valence-corrected chi connectivity index (χ1v) is 11.8. The zero-order chi connectivity index (χ0) is 25.7. The predicted molar refractivity (Wildman–Crippen MR) is 130 cm³/mol. The van der Waals surface area contributed by atoms with Gasteiger partial charge in [0.15, 0.2) is 0 Å². The minimum atomic E-state index is -4.39. The van der Waals surface area contributed by atoms with Crippen molar-refractivity contribution in [3.05, 3.63) is 77.0 Å². The van der Waals surface area contributed by atoms with Crippen molar-refractivity contribution in [2.45, 2.75) is 32.4 Å². The largest absolute Gasteiger partial charge is 0.416 e. The first-order valence-electron chi connectivity index (χ1n) is 11.8. The van der Waals surface area contributed by atoms with Gasteiger partial charge >= 0.3 is 6.18 Å². The van der Waals surface area contributed by atoms with E-state index in [9.17, 15) is 18.0 Å². The number of amides is 1. The van der Waals surface area contributed by atoms with Crippen molar-refractivity contribution in [1.82, 2.24) is 14.9 Å². The van der Waals surface area contributed by atoms with Gasteiger partial charge in [-0.05, 0) is 48.9 Å². The van der Waals surface area contributed by atoms with Gasteiger partial charge in [-0.1, -0.05) is 37.3 Å². The number of hydrogen-bond acceptors (Lipinski definition) is 5. The molecule has 0 atom stereocenters. The summed E-state index contributed by atoms with van der Waals surface area (Å²) in [6, 6.07) is 14.1. The van der Waals surface area contributed by atoms with E-state index < -0.39 is 11.7 Å². The van der Waals surface area contributed by atoms with Crippen LogP contribution in [0.15, 0.2) is 54.7 Å². The number of hydrogen-bond donors (Lipinski definition) is 1. The van der Waals surface area contributed by atoms with Crippen molar-refractivity contribution in [2.24, 2.45) is 5.92 Å². The smallest absolute Gasteiger partial charge is 0.354 e. The molecule has 36 heavy (non-hydrogen) atoms. The first kappa shape index (κ1) is 25.2. The van der Waals surface area contributed by atoms with Crippen LogP contribution in [-0.2, 0) is 12.6 Å². The van der Waals surface area contributed by atoms with Crippen LogP contribution in [0.3, 0.4) is 0 Å². The van der Waals surface area contributed by atoms with E-state index in [0.717, 1.165) is 25.0 Å². The molecular formula is C27H26F3N5O. The molecular weight excluding hydrogens is 467 g/mol. The molecule has 0 saturated carbocycles. The molecule has 1 fully saturated rings. The number of piperidine rings is 1. The van der Waals surface area contributed by atoms with E-state index in [-0.39, 0.29) is 11.9 Å². The summed E-state index contributed by atoms with van der Waals surface area (Å²) in [6.07, 6.45) is -0.682. The Balaban J connectivity index is 1.55. The van der Waals surface area contributed by atoms with Crippen LogP contribution in [0.1, 0.15) is 46.8 Å². The van der Waals surface area contributed by atoms with E-state index in [2.05, 4.69) is 28.3 Å². The second kappa shape index (κ2) is 10.8. The standard InChI is InChI=1S/C27H26F3N5O/c1-18-10-13-35(14-11-18)25(36)23-17-33-26(34-24(23)21-7-5-20(16-31)6-8-21)32-12-9-19-3-2-4-22(15-19)27(28,29)30/h2-8,15,17-18H,9-14H2,1H3,(H,32,33,34). The van der Waals surface area contributed by atoms with Gasteiger partial charge in [0.25, 0.3) is 5.91 Å². The monoisotopic (exact) mass is 493 g/mol. The van der Waals surface area contributed by atoms with E-state index >= 15 is 0 Å². The summed E-state index contributed by atoms with van der Waals surface area (Å²) in [5, 5.41) is 12.2. The number of nitrogens with zero attached hydrogens (tertiary/aromatic N) is 4. The third kappa shape index (κ3) is 6.00. The Labute approximate surface area is 207 Å². The minimum absolute atomic E-state index is 0.142. The molecule has 186 valence electrons. The number of nitriles is 1. The lowest BCUT2D eigenvalue weighted by Crippen LogP contribution is -2.38. The van der Waals surface area contributed by atoms with Gasteiger partial charge in [-0.2, -0.15) is 18.4 Å². The molecule has 1 N–H and O–H groups in total. The number of carbonyl (C=O) groups is 1. The van der Waals surface area contributed by atoms with Crippen molar-refractivity contribution in [3.8, 4) is 17.3 Å². The van der Waals surface area contributed by atoms with Crippen LogP contribution in [0, 0.1) is 17.2 Å². The maximum atomic E-state index is 13.3. The van der Waals surface area contributed by atoms with E-state index in [1.807, 2.05) is 4.90 Å². The van der Waals surface area contributed by atoms with Gasteiger partial charge in [0.05, 0.1) is 28.5 Å². The second-order valence-electron chi connectivity index (χ2n) is 8.99. The summed E-state index contributed by atoms with van der Waals surface area (Å²) < 4.78 is 38.9. The van der Waals surface area contributed by atoms with E-state index in [0.29, 0.717) is 59.9 Å². The fourth-order valence-corrected chi connectivity index (χ4v) is 4.15. The number of alkyl halides is 3. The molecule has 0 aliphatic carbocycles. The molecule has 0 unspecified atom stereocenters. The normalized spacial score (nSPS) is 14.4. The fourth-order valence-electron chi connectivity index (χ4n) is 4.15. The predicted octanol–water partition coefficient (Wildman–Crippen LogP) is 5.56. The van der Waals surface area contributed by atoms with Gasteiger partial charge in [-0.15, -0.1) is 0 Å². The van der Waals surface area contributed by atoms with Crippen LogP contribution in [-0.4, -0.2) is 40.4 Å². The SMILES string of the molecule is CC1CCN(C(=O)c2cnc(NCCc3cccc(C(F)(F)F)c3)nc2-c2ccc(C#N)cc2)CC1. The highest BCUT2D eigenvalue weighted by Crippen LogP contribution is 2.30. The summed E-state index contributed by atoms with van der Waals surface area (Å²) in [5.74, 6) is 0.702. The Kier molecular flexibility index (Phi) is 7.53. The Morgan fingerprint density at radius 1 is 1.17 bits per heavy atom. The van der Waals surface area contributed by atoms with Gasteiger partial charge in [0.2, 0.25) is 5.95 Å². The molecule has 1 amide bonds. The molecule has 0 spiro atoms. The van der Waals surface area contributed by atoms with Crippen LogP contribution in [0.25, 0.3) is 11.3 Å². The molecule has 0 radical (unpaired) electrons. The van der Waals surface area contributed by atoms with Crippen molar-refractivity contribution >= 4 is 11.9 Å². The molecule has 0 bridgehead atoms. The highest BCUT2D eigenvalue weighted by Gasteiger charge is 2.30. The molecule has 4 rings (SSSR count). The fraction of sp³-hybridized carbons (Fsp3) is 0.333. The summed E-state index contributed by atoms with van der Waals surface area (Å²) in [7, 11) is 0. The van der Waals surface area contributed by atoms with Gasteiger partial charge < -0.3 is 10.2 Å². The zero-order valence-electron chi connectivity index (χ0n) is 19.8. The number of aromatic nitrogens is 2. The number of benzene rings is 2. The first-order chi connectivity index (χ1) is 17.2. The van der Waals surface area contributed by atoms with E-state index in [4.69, 9.17) is 5.26 Å². The van der Waals surface area contributed by atoms with Gasteiger partial charge in [-0.25, -0.2) is 9.97 Å². The molecule has 9 heteroatoms. The third-order valence-corrected chi connectivity index (χ3v) is 6.33. The van der Waals surface area contributed by atoms with Gasteiger partial charge in [0, 0.05) is 31.4 Å². The Hall–Kier alpha value is -3.93. The molecule has 1 aromatic heterocycles. The number of nitrogens with one attached hydrogen (secondary N) is 1. The number of anilines is 1. The van der Waals surface area contributed by atoms with Crippen molar-refractivity contribution < 1.29 is 18.0 Å². The average Bonchev–Trinajstić information content (AvgIpc) is 2.88. The highest BCUT2D eigenvalue weighted by atomic mass is 19.4. The molecule has 1 aliphatic heterocycles. The van der Waals surface area contributed by atoms with Crippen molar-refractivity contribution in [2.75, 3.05) is 25.0 Å². The molecule has 1 aliphatic rings. The van der Waals surface area contributed by atoms with E-state index in [1.165, 1.54) is 12.3 Å². The molecule has 6 nitrogen and oxygen atoms in total. The van der Waals surface area contributed by atoms with Crippen molar-refractivity contribution in [3.63, 3.8) is 0 Å². The zero-order valence-corrected chi connectivity index (χ0v) is 19.8. The maximum Gasteiger partial charge on any atom is 0.416 e. The van der Waals surface area contributed by atoms with Crippen molar-refractivity contribution in [1.29, 1.82) is 5.26 Å². The van der Waals surface area contributed by atoms with Crippen LogP contribution in [0.5, 0.6) is 0 Å². The minimum Gasteiger partial charge on any atom is -0.354 e. The van der Waals surface area contributed by atoms with E-state index in [1.54, 1.807) is 30.3 Å². The van der Waals surface area contributed by atoms with Crippen LogP contribution in [0.4, 0.5) is 19.1 Å². The molecule has 3 aromatic rings. The third-order valence-electron chi connectivity index (χ3n) is 6.33. The lowest BCUT2D eigenvalue weighted by atomic mass is 9.98. The second-order valence-corrected chi connectivity index (χ2v) is 8.99. The highest BCUT2D eigenvalue weighted by molar-refractivity contribution is 5.99. The van der Waals surface area contributed by atoms with Gasteiger partial charge in [0.1, 0.15) is 0 Å². The number of likely N-dealkylation sites (tertiary alicyclic amines) is 1. The Morgan fingerprint density at radius 2 is 1.89 bits per heavy atom. The van der Waals surface area contributed by atoms with Crippen LogP contribution >= 0.6 is 0 Å². The van der Waals surface area contributed by atoms with Gasteiger partial charge in [-0.3, -0.25) is 4.79 Å². The molecule has 2 aromatic carbocycles. The Bertz CT molecular complexity index is 1260. The lowest BCUT2D eigenvalue weighted by molar-refractivity contribution is -0.137. The topological polar surface area (TPSA) is 81.9 Å². The number of rotatable bonds is 6.